The molecule has 1 aromatic heterocycles. The lowest BCUT2D eigenvalue weighted by Gasteiger charge is -2.13. The summed E-state index contributed by atoms with van der Waals surface area (Å²) in [4.78, 5) is 0. The molecule has 0 saturated carbocycles. The zero-order valence-corrected chi connectivity index (χ0v) is 21.9. The van der Waals surface area contributed by atoms with Gasteiger partial charge in [0, 0.05) is 28.4 Å². The van der Waals surface area contributed by atoms with Crippen molar-refractivity contribution in [3.8, 4) is 22.3 Å². The summed E-state index contributed by atoms with van der Waals surface area (Å²) in [6, 6.07) is 49.1. The van der Waals surface area contributed by atoms with Gasteiger partial charge in [0.2, 0.25) is 0 Å². The van der Waals surface area contributed by atoms with Crippen LogP contribution in [0.15, 0.2) is 133 Å². The lowest BCUT2D eigenvalue weighted by atomic mass is 9.90. The largest absolute Gasteiger partial charge is 0.341 e. The van der Waals surface area contributed by atoms with Crippen molar-refractivity contribution in [1.82, 2.24) is 4.57 Å². The van der Waals surface area contributed by atoms with Crippen LogP contribution in [0.25, 0.3) is 76.4 Å². The maximum Gasteiger partial charge on any atom is 0.0497 e. The van der Waals surface area contributed by atoms with E-state index in [1.165, 1.54) is 76.4 Å². The van der Waals surface area contributed by atoms with Gasteiger partial charge in [-0.15, -0.1) is 0 Å². The first-order chi connectivity index (χ1) is 19.3. The van der Waals surface area contributed by atoms with Crippen molar-refractivity contribution >= 4 is 54.1 Å². The zero-order chi connectivity index (χ0) is 25.9. The summed E-state index contributed by atoms with van der Waals surface area (Å²) in [6.07, 6.45) is 0. The van der Waals surface area contributed by atoms with E-state index in [0.717, 1.165) is 6.54 Å². The Kier molecular flexibility index (Phi) is 4.87. The molecule has 0 N–H and O–H groups in total. The van der Waals surface area contributed by atoms with Crippen molar-refractivity contribution in [1.29, 1.82) is 0 Å². The predicted molar refractivity (Wildman–Crippen MR) is 169 cm³/mol. The van der Waals surface area contributed by atoms with E-state index >= 15 is 0 Å². The van der Waals surface area contributed by atoms with Gasteiger partial charge >= 0.3 is 0 Å². The third kappa shape index (κ3) is 3.33. The number of para-hydroxylation sites is 1. The molecule has 0 radical (unpaired) electrons. The standard InChI is InChI=1S/C38H27N/c1-2-39-37-18-9-8-17-32(37)36-23-34-31-20-19-28(27-14-10-13-26(21-27)25-11-4-3-5-12-25)22-33(31)29-15-6-7-16-30(29)35(34)24-38(36)39/h3-24H,2H2,1H3. The van der Waals surface area contributed by atoms with Crippen LogP contribution < -0.4 is 0 Å². The molecule has 1 heteroatoms. The Morgan fingerprint density at radius 2 is 0.923 bits per heavy atom. The molecule has 7 aromatic carbocycles. The molecule has 0 aliphatic heterocycles. The van der Waals surface area contributed by atoms with Gasteiger partial charge in [0.1, 0.15) is 0 Å². The van der Waals surface area contributed by atoms with Crippen LogP contribution in [-0.2, 0) is 6.54 Å². The number of fused-ring (bicyclic) bond motifs is 9. The summed E-state index contributed by atoms with van der Waals surface area (Å²) >= 11 is 0. The fourth-order valence-electron chi connectivity index (χ4n) is 6.52. The Bertz CT molecular complexity index is 2200. The second-order valence-electron chi connectivity index (χ2n) is 10.4. The first-order valence-electron chi connectivity index (χ1n) is 13.8. The number of aromatic nitrogens is 1. The van der Waals surface area contributed by atoms with Gasteiger partial charge in [-0.1, -0.05) is 103 Å². The normalized spacial score (nSPS) is 11.8. The van der Waals surface area contributed by atoms with Crippen LogP contribution in [0.3, 0.4) is 0 Å². The van der Waals surface area contributed by atoms with E-state index in [9.17, 15) is 0 Å². The Labute approximate surface area is 227 Å². The predicted octanol–water partition coefficient (Wildman–Crippen LogP) is 10.6. The van der Waals surface area contributed by atoms with Crippen molar-refractivity contribution in [2.45, 2.75) is 13.5 Å². The Hall–Kier alpha value is -4.88. The molecule has 0 amide bonds. The van der Waals surface area contributed by atoms with Crippen LogP contribution in [0.4, 0.5) is 0 Å². The van der Waals surface area contributed by atoms with Gasteiger partial charge in [-0.2, -0.15) is 0 Å². The first kappa shape index (κ1) is 22.1. The molecule has 0 aliphatic carbocycles. The van der Waals surface area contributed by atoms with Crippen LogP contribution in [0.2, 0.25) is 0 Å². The smallest absolute Gasteiger partial charge is 0.0497 e. The highest BCUT2D eigenvalue weighted by atomic mass is 15.0. The molecule has 1 heterocycles. The highest BCUT2D eigenvalue weighted by Crippen LogP contribution is 2.41. The van der Waals surface area contributed by atoms with Crippen molar-refractivity contribution in [3.63, 3.8) is 0 Å². The number of aryl methyl sites for hydroxylation is 1. The quantitative estimate of drug-likeness (QED) is 0.214. The fraction of sp³-hybridized carbons (Fsp3) is 0.0526. The number of hydrogen-bond donors (Lipinski definition) is 0. The molecular weight excluding hydrogens is 470 g/mol. The number of rotatable bonds is 3. The Morgan fingerprint density at radius 3 is 1.69 bits per heavy atom. The molecule has 0 spiro atoms. The van der Waals surface area contributed by atoms with Gasteiger partial charge < -0.3 is 4.57 Å². The molecule has 0 bridgehead atoms. The summed E-state index contributed by atoms with van der Waals surface area (Å²) in [6.45, 7) is 3.19. The average Bonchev–Trinajstić information content (AvgIpc) is 3.33. The van der Waals surface area contributed by atoms with Crippen molar-refractivity contribution in [2.75, 3.05) is 0 Å². The molecule has 0 fully saturated rings. The minimum Gasteiger partial charge on any atom is -0.341 e. The van der Waals surface area contributed by atoms with E-state index in [4.69, 9.17) is 0 Å². The molecule has 1 nitrogen and oxygen atoms in total. The van der Waals surface area contributed by atoms with Crippen LogP contribution >= 0.6 is 0 Å². The minimum atomic E-state index is 0.951. The maximum atomic E-state index is 2.45. The van der Waals surface area contributed by atoms with Crippen LogP contribution in [-0.4, -0.2) is 4.57 Å². The average molecular weight is 498 g/mol. The van der Waals surface area contributed by atoms with Crippen molar-refractivity contribution < 1.29 is 0 Å². The second kappa shape index (κ2) is 8.58. The number of nitrogens with zero attached hydrogens (tertiary/aromatic N) is 1. The number of benzene rings is 7. The maximum absolute atomic E-state index is 2.45. The molecule has 0 aliphatic rings. The van der Waals surface area contributed by atoms with Gasteiger partial charge in [0.05, 0.1) is 0 Å². The SMILES string of the molecule is CCn1c2ccccc2c2cc3c4ccc(-c5cccc(-c6ccccc6)c5)cc4c4ccccc4c3cc21. The molecule has 184 valence electrons. The summed E-state index contributed by atoms with van der Waals surface area (Å²) in [5.74, 6) is 0. The summed E-state index contributed by atoms with van der Waals surface area (Å²) < 4.78 is 2.45. The van der Waals surface area contributed by atoms with Crippen LogP contribution in [0.5, 0.6) is 0 Å². The minimum absolute atomic E-state index is 0.951. The second-order valence-corrected chi connectivity index (χ2v) is 10.4. The Morgan fingerprint density at radius 1 is 0.359 bits per heavy atom. The zero-order valence-electron chi connectivity index (χ0n) is 21.9. The van der Waals surface area contributed by atoms with Gasteiger partial charge in [0.15, 0.2) is 0 Å². The van der Waals surface area contributed by atoms with E-state index in [-0.39, 0.29) is 0 Å². The van der Waals surface area contributed by atoms with Crippen molar-refractivity contribution in [2.24, 2.45) is 0 Å². The fourth-order valence-corrected chi connectivity index (χ4v) is 6.52. The Balaban J connectivity index is 1.43. The van der Waals surface area contributed by atoms with E-state index in [0.29, 0.717) is 0 Å². The van der Waals surface area contributed by atoms with Gasteiger partial charge in [0.25, 0.3) is 0 Å². The molecule has 0 saturated heterocycles. The van der Waals surface area contributed by atoms with E-state index in [1.54, 1.807) is 0 Å². The lowest BCUT2D eigenvalue weighted by molar-refractivity contribution is 0.827. The lowest BCUT2D eigenvalue weighted by Crippen LogP contribution is -1.93. The van der Waals surface area contributed by atoms with Crippen molar-refractivity contribution in [3.05, 3.63) is 133 Å². The molecular formula is C38H27N. The third-order valence-corrected chi connectivity index (χ3v) is 8.35. The van der Waals surface area contributed by atoms with Gasteiger partial charge in [-0.25, -0.2) is 0 Å². The van der Waals surface area contributed by atoms with Gasteiger partial charge in [-0.05, 0) is 91.8 Å². The molecule has 8 aromatic rings. The summed E-state index contributed by atoms with van der Waals surface area (Å²) in [5, 5.41) is 10.5. The molecule has 39 heavy (non-hydrogen) atoms. The van der Waals surface area contributed by atoms with Gasteiger partial charge in [-0.3, -0.25) is 0 Å². The third-order valence-electron chi connectivity index (χ3n) is 8.35. The van der Waals surface area contributed by atoms with E-state index < -0.39 is 0 Å². The van der Waals surface area contributed by atoms with E-state index in [1.807, 2.05) is 0 Å². The summed E-state index contributed by atoms with van der Waals surface area (Å²) in [7, 11) is 0. The first-order valence-corrected chi connectivity index (χ1v) is 13.8. The number of hydrogen-bond acceptors (Lipinski definition) is 0. The summed E-state index contributed by atoms with van der Waals surface area (Å²) in [5.41, 5.74) is 7.58. The monoisotopic (exact) mass is 497 g/mol. The van der Waals surface area contributed by atoms with Crippen LogP contribution in [0, 0.1) is 0 Å². The highest BCUT2D eigenvalue weighted by Gasteiger charge is 2.15. The molecule has 8 rings (SSSR count). The highest BCUT2D eigenvalue weighted by molar-refractivity contribution is 6.29. The van der Waals surface area contributed by atoms with Crippen LogP contribution in [0.1, 0.15) is 6.92 Å². The van der Waals surface area contributed by atoms with E-state index in [2.05, 4.69) is 145 Å². The topological polar surface area (TPSA) is 4.93 Å². The molecule has 0 atom stereocenters. The molecule has 0 unspecified atom stereocenters.